The Morgan fingerprint density at radius 1 is 1.03 bits per heavy atom. The van der Waals surface area contributed by atoms with Gasteiger partial charge in [-0.3, -0.25) is 4.90 Å². The van der Waals surface area contributed by atoms with Crippen molar-refractivity contribution < 1.29 is 19.8 Å². The molecule has 0 radical (unpaired) electrons. The number of nitrogens with zero attached hydrogens (tertiary/aromatic N) is 2. The standard InChI is InChI=1S/C21H19ClN2S.C4H4O4/c1-2-9-23-10-12-24(13-11-23)19-14-16-5-3-4-6-20(16)25-21-8-7-17(22)15-18(19)21;5-3(6)1-2-4(7)8/h1,3-8,14-15H,9-13H2;1-2H,(H,5,6)(H,7,8)/b;2-1-. The number of hydrogen-bond acceptors (Lipinski definition) is 5. The molecule has 1 fully saturated rings. The van der Waals surface area contributed by atoms with Crippen LogP contribution in [0.1, 0.15) is 11.1 Å². The van der Waals surface area contributed by atoms with Gasteiger partial charge in [-0.25, -0.2) is 9.59 Å². The minimum absolute atomic E-state index is 0.558. The molecule has 8 heteroatoms. The second kappa shape index (κ2) is 11.6. The van der Waals surface area contributed by atoms with Gasteiger partial charge in [-0.05, 0) is 35.9 Å². The van der Waals surface area contributed by atoms with E-state index in [2.05, 4.69) is 58.2 Å². The number of rotatable bonds is 4. The first-order chi connectivity index (χ1) is 15.9. The molecule has 170 valence electrons. The molecule has 33 heavy (non-hydrogen) atoms. The summed E-state index contributed by atoms with van der Waals surface area (Å²) >= 11 is 8.14. The van der Waals surface area contributed by atoms with Crippen molar-refractivity contribution in [2.75, 3.05) is 32.7 Å². The number of fused-ring (bicyclic) bond motifs is 2. The first kappa shape index (κ1) is 24.5. The fourth-order valence-corrected chi connectivity index (χ4v) is 4.72. The maximum atomic E-state index is 9.55. The smallest absolute Gasteiger partial charge is 0.328 e. The SMILES string of the molecule is C#CCN1CCN(C2=Cc3ccccc3Sc3ccc(Cl)cc32)CC1.O=C(O)/C=C\C(=O)O. The highest BCUT2D eigenvalue weighted by atomic mass is 35.5. The normalized spacial score (nSPS) is 15.3. The van der Waals surface area contributed by atoms with Crippen molar-refractivity contribution in [2.24, 2.45) is 0 Å². The molecule has 2 heterocycles. The van der Waals surface area contributed by atoms with Gasteiger partial charge in [-0.1, -0.05) is 47.5 Å². The third-order valence-electron chi connectivity index (χ3n) is 5.05. The molecule has 0 amide bonds. The molecule has 0 aliphatic carbocycles. The van der Waals surface area contributed by atoms with Crippen LogP contribution < -0.4 is 0 Å². The number of carboxylic acid groups (broad SMARTS) is 2. The number of aliphatic carboxylic acids is 2. The minimum atomic E-state index is -1.26. The average Bonchev–Trinajstić information content (AvgIpc) is 2.95. The zero-order chi connectivity index (χ0) is 23.8. The molecular formula is C25H23ClN2O4S. The number of hydrogen-bond donors (Lipinski definition) is 2. The topological polar surface area (TPSA) is 81.1 Å². The van der Waals surface area contributed by atoms with E-state index in [1.807, 2.05) is 17.8 Å². The molecule has 0 aromatic heterocycles. The van der Waals surface area contributed by atoms with E-state index >= 15 is 0 Å². The molecular weight excluding hydrogens is 460 g/mol. The molecule has 0 saturated carbocycles. The largest absolute Gasteiger partial charge is 0.478 e. The van der Waals surface area contributed by atoms with Gasteiger partial charge in [0.2, 0.25) is 0 Å². The van der Waals surface area contributed by atoms with Gasteiger partial charge in [-0.2, -0.15) is 0 Å². The highest BCUT2D eigenvalue weighted by Crippen LogP contribution is 2.42. The van der Waals surface area contributed by atoms with Crippen molar-refractivity contribution >= 4 is 47.1 Å². The van der Waals surface area contributed by atoms with Crippen LogP contribution in [0.3, 0.4) is 0 Å². The monoisotopic (exact) mass is 482 g/mol. The van der Waals surface area contributed by atoms with Crippen molar-refractivity contribution in [2.45, 2.75) is 9.79 Å². The molecule has 1 saturated heterocycles. The van der Waals surface area contributed by atoms with Crippen molar-refractivity contribution in [3.8, 4) is 12.3 Å². The lowest BCUT2D eigenvalue weighted by Gasteiger charge is -2.37. The molecule has 2 aliphatic heterocycles. The molecule has 2 aromatic rings. The number of halogens is 1. The van der Waals surface area contributed by atoms with Gasteiger partial charge in [0.15, 0.2) is 0 Å². The van der Waals surface area contributed by atoms with Crippen LogP contribution in [0.4, 0.5) is 0 Å². The average molecular weight is 483 g/mol. The summed E-state index contributed by atoms with van der Waals surface area (Å²) in [6.45, 7) is 4.67. The quantitative estimate of drug-likeness (QED) is 0.497. The number of carbonyl (C=O) groups is 2. The van der Waals surface area contributed by atoms with E-state index in [0.717, 1.165) is 37.7 Å². The third-order valence-corrected chi connectivity index (χ3v) is 6.45. The second-order valence-electron chi connectivity index (χ2n) is 7.29. The van der Waals surface area contributed by atoms with E-state index in [9.17, 15) is 9.59 Å². The fourth-order valence-electron chi connectivity index (χ4n) is 3.51. The van der Waals surface area contributed by atoms with Gasteiger partial charge < -0.3 is 15.1 Å². The van der Waals surface area contributed by atoms with Crippen LogP contribution in [-0.4, -0.2) is 64.7 Å². The number of carboxylic acids is 2. The van der Waals surface area contributed by atoms with Crippen molar-refractivity contribution in [1.82, 2.24) is 9.80 Å². The van der Waals surface area contributed by atoms with E-state index in [-0.39, 0.29) is 0 Å². The maximum absolute atomic E-state index is 9.55. The summed E-state index contributed by atoms with van der Waals surface area (Å²) in [5, 5.41) is 16.4. The number of piperazine rings is 1. The molecule has 2 N–H and O–H groups in total. The van der Waals surface area contributed by atoms with Crippen molar-refractivity contribution in [3.63, 3.8) is 0 Å². The molecule has 0 bridgehead atoms. The van der Waals surface area contributed by atoms with Crippen LogP contribution in [0.2, 0.25) is 5.02 Å². The summed E-state index contributed by atoms with van der Waals surface area (Å²) < 4.78 is 0. The van der Waals surface area contributed by atoms with Gasteiger partial charge in [0.25, 0.3) is 0 Å². The summed E-state index contributed by atoms with van der Waals surface area (Å²) in [6, 6.07) is 14.8. The zero-order valence-corrected chi connectivity index (χ0v) is 19.4. The van der Waals surface area contributed by atoms with Crippen LogP contribution in [0.15, 0.2) is 64.4 Å². The van der Waals surface area contributed by atoms with Gasteiger partial charge in [0.05, 0.1) is 6.54 Å². The van der Waals surface area contributed by atoms with Crippen LogP contribution >= 0.6 is 23.4 Å². The number of benzene rings is 2. The Morgan fingerprint density at radius 2 is 1.70 bits per heavy atom. The zero-order valence-electron chi connectivity index (χ0n) is 17.8. The van der Waals surface area contributed by atoms with Crippen molar-refractivity contribution in [3.05, 3.63) is 70.8 Å². The predicted molar refractivity (Wildman–Crippen MR) is 131 cm³/mol. The Bertz CT molecular complexity index is 1120. The second-order valence-corrected chi connectivity index (χ2v) is 8.81. The molecule has 2 aromatic carbocycles. The highest BCUT2D eigenvalue weighted by Gasteiger charge is 2.23. The van der Waals surface area contributed by atoms with E-state index in [1.165, 1.54) is 26.6 Å². The van der Waals surface area contributed by atoms with Gasteiger partial charge in [-0.15, -0.1) is 6.42 Å². The maximum Gasteiger partial charge on any atom is 0.328 e. The van der Waals surface area contributed by atoms with E-state index in [4.69, 9.17) is 28.2 Å². The molecule has 6 nitrogen and oxygen atoms in total. The van der Waals surface area contributed by atoms with Crippen LogP contribution in [0, 0.1) is 12.3 Å². The molecule has 0 atom stereocenters. The van der Waals surface area contributed by atoms with Crippen molar-refractivity contribution in [1.29, 1.82) is 0 Å². The summed E-state index contributed by atoms with van der Waals surface area (Å²) in [5.41, 5.74) is 3.75. The van der Waals surface area contributed by atoms with E-state index in [0.29, 0.717) is 12.2 Å². The van der Waals surface area contributed by atoms with Crippen LogP contribution in [0.5, 0.6) is 0 Å². The third kappa shape index (κ3) is 6.90. The Labute approximate surface area is 202 Å². The first-order valence-electron chi connectivity index (χ1n) is 10.2. The fraction of sp³-hybridized carbons (Fsp3) is 0.200. The lowest BCUT2D eigenvalue weighted by Crippen LogP contribution is -2.45. The Balaban J connectivity index is 0.000000331. The summed E-state index contributed by atoms with van der Waals surface area (Å²) in [6.07, 6.45) is 8.88. The predicted octanol–water partition coefficient (Wildman–Crippen LogP) is 4.27. The summed E-state index contributed by atoms with van der Waals surface area (Å²) in [4.78, 5) is 26.4. The lowest BCUT2D eigenvalue weighted by molar-refractivity contribution is -0.134. The molecule has 4 rings (SSSR count). The number of terminal acetylenes is 1. The van der Waals surface area contributed by atoms with Gasteiger partial charge in [0, 0.05) is 64.4 Å². The van der Waals surface area contributed by atoms with E-state index in [1.54, 1.807) is 0 Å². The highest BCUT2D eigenvalue weighted by molar-refractivity contribution is 7.99. The molecule has 0 spiro atoms. The van der Waals surface area contributed by atoms with Crippen LogP contribution in [-0.2, 0) is 9.59 Å². The Kier molecular flexibility index (Phi) is 8.61. The molecule has 0 unspecified atom stereocenters. The Hall–Kier alpha value is -3.18. The Morgan fingerprint density at radius 3 is 2.33 bits per heavy atom. The van der Waals surface area contributed by atoms with Gasteiger partial charge in [0.1, 0.15) is 0 Å². The van der Waals surface area contributed by atoms with Gasteiger partial charge >= 0.3 is 11.9 Å². The minimum Gasteiger partial charge on any atom is -0.478 e. The van der Waals surface area contributed by atoms with Crippen LogP contribution in [0.25, 0.3) is 11.8 Å². The van der Waals surface area contributed by atoms with E-state index < -0.39 is 11.9 Å². The summed E-state index contributed by atoms with van der Waals surface area (Å²) in [5.74, 6) is 0.236. The first-order valence-corrected chi connectivity index (χ1v) is 11.4. The summed E-state index contributed by atoms with van der Waals surface area (Å²) in [7, 11) is 0. The molecule has 2 aliphatic rings. The lowest BCUT2D eigenvalue weighted by atomic mass is 10.1.